The van der Waals surface area contributed by atoms with E-state index in [4.69, 9.17) is 9.47 Å². The van der Waals surface area contributed by atoms with Gasteiger partial charge in [-0.2, -0.15) is 0 Å². The third-order valence-corrected chi connectivity index (χ3v) is 9.59. The molecule has 0 fully saturated rings. The summed E-state index contributed by atoms with van der Waals surface area (Å²) in [4.78, 5) is 29.4. The minimum atomic E-state index is -0.137. The third kappa shape index (κ3) is 33.7. The van der Waals surface area contributed by atoms with Crippen molar-refractivity contribution < 1.29 is 29.3 Å². The molecule has 0 aliphatic rings. The van der Waals surface area contributed by atoms with Crippen molar-refractivity contribution in [2.24, 2.45) is 0 Å². The molecule has 0 spiro atoms. The molecule has 0 aliphatic carbocycles. The maximum absolute atomic E-state index is 12.9. The van der Waals surface area contributed by atoms with Crippen LogP contribution in [0.2, 0.25) is 0 Å². The first-order valence-electron chi connectivity index (χ1n) is 21.0. The van der Waals surface area contributed by atoms with Gasteiger partial charge in [-0.25, -0.2) is 0 Å². The minimum Gasteiger partial charge on any atom is -0.466 e. The van der Waals surface area contributed by atoms with E-state index in [0.29, 0.717) is 58.5 Å². The molecule has 292 valence electrons. The van der Waals surface area contributed by atoms with Crippen molar-refractivity contribution in [3.63, 3.8) is 0 Å². The lowest BCUT2D eigenvalue weighted by atomic mass is 10.0. The Kier molecular flexibility index (Phi) is 37.1. The number of ether oxygens (including phenoxy) is 2. The first-order valence-corrected chi connectivity index (χ1v) is 21.0. The van der Waals surface area contributed by atoms with Crippen molar-refractivity contribution in [3.8, 4) is 0 Å². The monoisotopic (exact) mass is 699 g/mol. The molecular formula is C41H82N2O6. The van der Waals surface area contributed by atoms with Gasteiger partial charge < -0.3 is 19.7 Å². The number of carbonyl (C=O) groups excluding carboxylic acids is 2. The van der Waals surface area contributed by atoms with Gasteiger partial charge in [-0.3, -0.25) is 19.4 Å². The number of esters is 2. The predicted octanol–water partition coefficient (Wildman–Crippen LogP) is 9.23. The van der Waals surface area contributed by atoms with Crippen molar-refractivity contribution in [2.75, 3.05) is 59.1 Å². The quantitative estimate of drug-likeness (QED) is 0.0484. The van der Waals surface area contributed by atoms with Crippen LogP contribution in [0.15, 0.2) is 0 Å². The molecule has 8 nitrogen and oxygen atoms in total. The zero-order valence-electron chi connectivity index (χ0n) is 32.7. The lowest BCUT2D eigenvalue weighted by Gasteiger charge is -2.27. The van der Waals surface area contributed by atoms with Crippen LogP contribution in [0, 0.1) is 0 Å². The van der Waals surface area contributed by atoms with Gasteiger partial charge in [-0.1, -0.05) is 130 Å². The van der Waals surface area contributed by atoms with E-state index in [0.717, 1.165) is 51.6 Å². The summed E-state index contributed by atoms with van der Waals surface area (Å²) in [6, 6.07) is 0. The summed E-state index contributed by atoms with van der Waals surface area (Å²) in [5, 5.41) is 19.3. The maximum atomic E-state index is 12.9. The molecule has 0 bridgehead atoms. The molecule has 8 heteroatoms. The van der Waals surface area contributed by atoms with Crippen LogP contribution in [-0.2, 0) is 19.1 Å². The Morgan fingerprint density at radius 3 is 1.29 bits per heavy atom. The third-order valence-electron chi connectivity index (χ3n) is 9.59. The number of aliphatic hydroxyl groups is 2. The summed E-state index contributed by atoms with van der Waals surface area (Å²) < 4.78 is 11.5. The molecule has 49 heavy (non-hydrogen) atoms. The molecule has 0 aromatic carbocycles. The molecule has 0 saturated carbocycles. The predicted molar refractivity (Wildman–Crippen MR) is 205 cm³/mol. The van der Waals surface area contributed by atoms with Crippen LogP contribution in [0.4, 0.5) is 0 Å². The van der Waals surface area contributed by atoms with Gasteiger partial charge in [0.15, 0.2) is 0 Å². The Bertz CT molecular complexity index is 693. The fraction of sp³-hybridized carbons (Fsp3) is 0.951. The average Bonchev–Trinajstić information content (AvgIpc) is 3.09. The highest BCUT2D eigenvalue weighted by atomic mass is 16.5. The second-order valence-corrected chi connectivity index (χ2v) is 14.3. The van der Waals surface area contributed by atoms with E-state index in [1.807, 2.05) is 0 Å². The van der Waals surface area contributed by atoms with Gasteiger partial charge in [0.05, 0.1) is 19.8 Å². The Hall–Kier alpha value is -1.22. The Labute approximate surface area is 303 Å². The average molecular weight is 699 g/mol. The van der Waals surface area contributed by atoms with Gasteiger partial charge in [-0.05, 0) is 58.0 Å². The van der Waals surface area contributed by atoms with E-state index in [1.165, 1.54) is 103 Å². The summed E-state index contributed by atoms with van der Waals surface area (Å²) in [6.07, 6.45) is 28.9. The largest absolute Gasteiger partial charge is 0.466 e. The Balaban J connectivity index is 4.44. The van der Waals surface area contributed by atoms with Crippen LogP contribution in [0.1, 0.15) is 188 Å². The van der Waals surface area contributed by atoms with Crippen LogP contribution >= 0.6 is 0 Å². The molecule has 0 aromatic heterocycles. The van der Waals surface area contributed by atoms with Crippen molar-refractivity contribution in [3.05, 3.63) is 0 Å². The zero-order valence-corrected chi connectivity index (χ0v) is 32.7. The molecule has 0 aromatic rings. The van der Waals surface area contributed by atoms with E-state index < -0.39 is 0 Å². The lowest BCUT2D eigenvalue weighted by Crippen LogP contribution is -2.39. The molecule has 0 radical (unpaired) electrons. The summed E-state index contributed by atoms with van der Waals surface area (Å²) in [5.74, 6) is -0.232. The van der Waals surface area contributed by atoms with Crippen LogP contribution < -0.4 is 0 Å². The van der Waals surface area contributed by atoms with E-state index >= 15 is 0 Å². The van der Waals surface area contributed by atoms with Gasteiger partial charge in [0.1, 0.15) is 6.10 Å². The van der Waals surface area contributed by atoms with Crippen molar-refractivity contribution in [1.29, 1.82) is 0 Å². The van der Waals surface area contributed by atoms with Crippen LogP contribution in [0.5, 0.6) is 0 Å². The molecule has 0 heterocycles. The van der Waals surface area contributed by atoms with Crippen molar-refractivity contribution in [1.82, 2.24) is 9.80 Å². The standard InChI is InChI=1S/C41H82N2O6/c1-4-7-10-13-16-17-20-23-38-48-40(46)28-24-30-42(34-36-44)32-33-43(35-37-45)31-25-29-41(47)49-39(26-21-18-14-11-8-5-2)27-22-19-15-12-9-6-3/h39,44-45H,4-38H2,1-3H3. The van der Waals surface area contributed by atoms with E-state index in [9.17, 15) is 19.8 Å². The number of aliphatic hydroxyl groups excluding tert-OH is 2. The highest BCUT2D eigenvalue weighted by molar-refractivity contribution is 5.69. The second-order valence-electron chi connectivity index (χ2n) is 14.3. The van der Waals surface area contributed by atoms with E-state index in [2.05, 4.69) is 30.6 Å². The second kappa shape index (κ2) is 38.0. The fourth-order valence-electron chi connectivity index (χ4n) is 6.44. The highest BCUT2D eigenvalue weighted by Gasteiger charge is 2.16. The summed E-state index contributed by atoms with van der Waals surface area (Å²) in [7, 11) is 0. The topological polar surface area (TPSA) is 99.5 Å². The summed E-state index contributed by atoms with van der Waals surface area (Å²) in [6.45, 7) is 11.3. The molecule has 0 saturated heterocycles. The molecule has 0 atom stereocenters. The van der Waals surface area contributed by atoms with E-state index in [-0.39, 0.29) is 31.3 Å². The van der Waals surface area contributed by atoms with E-state index in [1.54, 1.807) is 0 Å². The zero-order chi connectivity index (χ0) is 36.0. The molecule has 0 rings (SSSR count). The van der Waals surface area contributed by atoms with Gasteiger partial charge in [0.2, 0.25) is 0 Å². The number of nitrogens with zero attached hydrogens (tertiary/aromatic N) is 2. The minimum absolute atomic E-state index is 0.0350. The van der Waals surface area contributed by atoms with Gasteiger partial charge >= 0.3 is 11.9 Å². The number of rotatable bonds is 39. The highest BCUT2D eigenvalue weighted by Crippen LogP contribution is 2.18. The Morgan fingerprint density at radius 1 is 0.469 bits per heavy atom. The first-order chi connectivity index (χ1) is 24.0. The number of carbonyl (C=O) groups is 2. The SMILES string of the molecule is CCCCCCCCCCOC(=O)CCCN(CCO)CCN(CCO)CCCC(=O)OC(CCCCCCCC)CCCCCCCC. The van der Waals surface area contributed by atoms with Gasteiger partial charge in [0, 0.05) is 39.0 Å². The number of hydrogen-bond acceptors (Lipinski definition) is 8. The van der Waals surface area contributed by atoms with Gasteiger partial charge in [-0.15, -0.1) is 0 Å². The number of hydrogen-bond donors (Lipinski definition) is 2. The van der Waals surface area contributed by atoms with Crippen molar-refractivity contribution >= 4 is 11.9 Å². The normalized spacial score (nSPS) is 11.7. The maximum Gasteiger partial charge on any atom is 0.306 e. The molecule has 0 aliphatic heterocycles. The molecule has 2 N–H and O–H groups in total. The van der Waals surface area contributed by atoms with Crippen LogP contribution in [0.3, 0.4) is 0 Å². The smallest absolute Gasteiger partial charge is 0.306 e. The number of unbranched alkanes of at least 4 members (excludes halogenated alkanes) is 17. The van der Waals surface area contributed by atoms with Crippen LogP contribution in [0.25, 0.3) is 0 Å². The lowest BCUT2D eigenvalue weighted by molar-refractivity contribution is -0.150. The summed E-state index contributed by atoms with van der Waals surface area (Å²) >= 11 is 0. The molecular weight excluding hydrogens is 616 g/mol. The fourth-order valence-corrected chi connectivity index (χ4v) is 6.44. The Morgan fingerprint density at radius 2 is 0.857 bits per heavy atom. The summed E-state index contributed by atoms with van der Waals surface area (Å²) in [5.41, 5.74) is 0. The van der Waals surface area contributed by atoms with Crippen molar-refractivity contribution in [2.45, 2.75) is 194 Å². The van der Waals surface area contributed by atoms with Crippen LogP contribution in [-0.4, -0.2) is 97.1 Å². The molecule has 0 amide bonds. The van der Waals surface area contributed by atoms with Gasteiger partial charge in [0.25, 0.3) is 0 Å². The first kappa shape index (κ1) is 47.8. The molecule has 0 unspecified atom stereocenters.